The number of allylic oxidation sites excluding steroid dienone is 1. The van der Waals surface area contributed by atoms with Crippen LogP contribution in [0, 0.1) is 0 Å². The average Bonchev–Trinajstić information content (AvgIpc) is 2.47. The van der Waals surface area contributed by atoms with Gasteiger partial charge < -0.3 is 14.2 Å². The second-order valence-electron chi connectivity index (χ2n) is 5.19. The molecular weight excluding hydrogens is 264 g/mol. The Balaban J connectivity index is 4.52. The maximum Gasteiger partial charge on any atom is 0.307 e. The van der Waals surface area contributed by atoms with E-state index in [1.54, 1.807) is 0 Å². The second kappa shape index (κ2) is 13.3. The van der Waals surface area contributed by atoms with Crippen LogP contribution in [0.4, 0.5) is 0 Å². The lowest BCUT2D eigenvalue weighted by molar-refractivity contribution is -0.353. The molecule has 0 amide bonds. The molecule has 0 aromatic heterocycles. The molecule has 0 N–H and O–H groups in total. The van der Waals surface area contributed by atoms with Crippen LogP contribution in [0.1, 0.15) is 79.6 Å². The second-order valence-corrected chi connectivity index (χ2v) is 5.19. The van der Waals surface area contributed by atoms with E-state index in [1.165, 1.54) is 38.5 Å². The molecule has 126 valence electrons. The summed E-state index contributed by atoms with van der Waals surface area (Å²) in [4.78, 5) is 0. The third-order valence-electron chi connectivity index (χ3n) is 3.54. The fourth-order valence-corrected chi connectivity index (χ4v) is 2.54. The van der Waals surface area contributed by atoms with E-state index in [0.29, 0.717) is 19.8 Å². The molecule has 3 nitrogen and oxygen atoms in total. The molecule has 0 saturated heterocycles. The minimum absolute atomic E-state index is 0.577. The zero-order chi connectivity index (χ0) is 16.0. The van der Waals surface area contributed by atoms with Gasteiger partial charge in [-0.25, -0.2) is 0 Å². The molecule has 0 rings (SSSR count). The molecule has 0 unspecified atom stereocenters. The molecule has 0 aromatic rings. The number of hydrogen-bond acceptors (Lipinski definition) is 3. The van der Waals surface area contributed by atoms with Gasteiger partial charge in [0.15, 0.2) is 0 Å². The van der Waals surface area contributed by atoms with Gasteiger partial charge in [-0.05, 0) is 40.5 Å². The normalized spacial score (nSPS) is 12.9. The van der Waals surface area contributed by atoms with Crippen LogP contribution in [0.2, 0.25) is 0 Å². The third kappa shape index (κ3) is 7.98. The maximum absolute atomic E-state index is 5.85. The van der Waals surface area contributed by atoms with E-state index >= 15 is 0 Å². The molecule has 0 atom stereocenters. The SMILES string of the molecule is CC=C(CCCCCCCC)C(OCC)(OCC)OCC. The fraction of sp³-hybridized carbons (Fsp3) is 0.889. The van der Waals surface area contributed by atoms with Gasteiger partial charge >= 0.3 is 5.97 Å². The van der Waals surface area contributed by atoms with Crippen molar-refractivity contribution in [2.45, 2.75) is 85.5 Å². The maximum atomic E-state index is 5.85. The highest BCUT2D eigenvalue weighted by Gasteiger charge is 2.36. The van der Waals surface area contributed by atoms with Crippen molar-refractivity contribution in [3.63, 3.8) is 0 Å². The number of hydrogen-bond donors (Lipinski definition) is 0. The van der Waals surface area contributed by atoms with Crippen LogP contribution in [-0.2, 0) is 14.2 Å². The lowest BCUT2D eigenvalue weighted by Gasteiger charge is -2.34. The largest absolute Gasteiger partial charge is 0.324 e. The molecule has 0 aliphatic carbocycles. The van der Waals surface area contributed by atoms with E-state index in [2.05, 4.69) is 13.0 Å². The Bertz CT molecular complexity index is 244. The van der Waals surface area contributed by atoms with Crippen LogP contribution in [0.3, 0.4) is 0 Å². The first-order chi connectivity index (χ1) is 10.2. The molecule has 0 aliphatic rings. The van der Waals surface area contributed by atoms with Crippen molar-refractivity contribution in [3.05, 3.63) is 11.6 Å². The van der Waals surface area contributed by atoms with Crippen molar-refractivity contribution >= 4 is 0 Å². The molecule has 0 heterocycles. The summed E-state index contributed by atoms with van der Waals surface area (Å²) in [6, 6.07) is 0. The predicted octanol–water partition coefficient (Wildman–Crippen LogP) is 5.45. The Hall–Kier alpha value is -0.380. The Morgan fingerprint density at radius 1 is 0.762 bits per heavy atom. The van der Waals surface area contributed by atoms with Crippen molar-refractivity contribution < 1.29 is 14.2 Å². The Morgan fingerprint density at radius 3 is 1.67 bits per heavy atom. The summed E-state index contributed by atoms with van der Waals surface area (Å²) in [5, 5.41) is 0. The van der Waals surface area contributed by atoms with Crippen LogP contribution in [0.15, 0.2) is 11.6 Å². The molecule has 0 aromatic carbocycles. The van der Waals surface area contributed by atoms with Crippen LogP contribution in [0.5, 0.6) is 0 Å². The first-order valence-corrected chi connectivity index (χ1v) is 8.78. The van der Waals surface area contributed by atoms with E-state index in [1.807, 2.05) is 27.7 Å². The molecule has 0 saturated carbocycles. The molecule has 21 heavy (non-hydrogen) atoms. The van der Waals surface area contributed by atoms with Crippen molar-refractivity contribution in [3.8, 4) is 0 Å². The molecule has 0 spiro atoms. The molecule has 3 heteroatoms. The highest BCUT2D eigenvalue weighted by molar-refractivity contribution is 5.09. The van der Waals surface area contributed by atoms with Gasteiger partial charge in [0.05, 0.1) is 0 Å². The standard InChI is InChI=1S/C18H36O3/c1-6-11-12-13-14-15-16-17(7-2)18(19-8-3,20-9-4)21-10-5/h7H,6,8-16H2,1-5H3. The molecular formula is C18H36O3. The predicted molar refractivity (Wildman–Crippen MR) is 89.4 cm³/mol. The third-order valence-corrected chi connectivity index (χ3v) is 3.54. The monoisotopic (exact) mass is 300 g/mol. The Kier molecular flexibility index (Phi) is 13.1. The Morgan fingerprint density at radius 2 is 1.24 bits per heavy atom. The van der Waals surface area contributed by atoms with Gasteiger partial charge in [-0.2, -0.15) is 0 Å². The van der Waals surface area contributed by atoms with Gasteiger partial charge in [0.1, 0.15) is 0 Å². The highest BCUT2D eigenvalue weighted by Crippen LogP contribution is 2.29. The summed E-state index contributed by atoms with van der Waals surface area (Å²) >= 11 is 0. The van der Waals surface area contributed by atoms with E-state index in [9.17, 15) is 0 Å². The lowest BCUT2D eigenvalue weighted by Crippen LogP contribution is -2.41. The average molecular weight is 300 g/mol. The first kappa shape index (κ1) is 20.6. The van der Waals surface area contributed by atoms with Crippen molar-refractivity contribution in [1.82, 2.24) is 0 Å². The first-order valence-electron chi connectivity index (χ1n) is 8.78. The van der Waals surface area contributed by atoms with Gasteiger partial charge in [0, 0.05) is 25.4 Å². The van der Waals surface area contributed by atoms with Crippen molar-refractivity contribution in [2.75, 3.05) is 19.8 Å². The smallest absolute Gasteiger partial charge is 0.307 e. The van der Waals surface area contributed by atoms with Crippen LogP contribution in [0.25, 0.3) is 0 Å². The zero-order valence-corrected chi connectivity index (χ0v) is 14.9. The van der Waals surface area contributed by atoms with E-state index in [-0.39, 0.29) is 0 Å². The number of rotatable bonds is 14. The van der Waals surface area contributed by atoms with Gasteiger partial charge in [-0.1, -0.05) is 45.1 Å². The molecule has 0 radical (unpaired) electrons. The summed E-state index contributed by atoms with van der Waals surface area (Å²) in [6.45, 7) is 12.0. The quantitative estimate of drug-likeness (QED) is 0.243. The van der Waals surface area contributed by atoms with Crippen LogP contribution >= 0.6 is 0 Å². The van der Waals surface area contributed by atoms with Crippen molar-refractivity contribution in [1.29, 1.82) is 0 Å². The van der Waals surface area contributed by atoms with Gasteiger partial charge in [-0.15, -0.1) is 0 Å². The van der Waals surface area contributed by atoms with Crippen molar-refractivity contribution in [2.24, 2.45) is 0 Å². The van der Waals surface area contributed by atoms with E-state index < -0.39 is 5.97 Å². The summed E-state index contributed by atoms with van der Waals surface area (Å²) in [5.41, 5.74) is 1.11. The number of unbranched alkanes of at least 4 members (excludes halogenated alkanes) is 5. The molecule has 0 fully saturated rings. The van der Waals surface area contributed by atoms with Gasteiger partial charge in [0.2, 0.25) is 0 Å². The van der Waals surface area contributed by atoms with Gasteiger partial charge in [0.25, 0.3) is 0 Å². The fourth-order valence-electron chi connectivity index (χ4n) is 2.54. The Labute approximate surface area is 132 Å². The van der Waals surface area contributed by atoms with Gasteiger partial charge in [-0.3, -0.25) is 0 Å². The summed E-state index contributed by atoms with van der Waals surface area (Å²) in [5.74, 6) is -0.976. The molecule has 0 aliphatic heterocycles. The van der Waals surface area contributed by atoms with E-state index in [4.69, 9.17) is 14.2 Å². The van der Waals surface area contributed by atoms with E-state index in [0.717, 1.165) is 12.0 Å². The topological polar surface area (TPSA) is 27.7 Å². The summed E-state index contributed by atoms with van der Waals surface area (Å²) in [7, 11) is 0. The van der Waals surface area contributed by atoms with Crippen LogP contribution < -0.4 is 0 Å². The zero-order valence-electron chi connectivity index (χ0n) is 14.9. The molecule has 0 bridgehead atoms. The van der Waals surface area contributed by atoms with Crippen LogP contribution in [-0.4, -0.2) is 25.8 Å². The minimum atomic E-state index is -0.976. The minimum Gasteiger partial charge on any atom is -0.324 e. The summed E-state index contributed by atoms with van der Waals surface area (Å²) in [6.07, 6.45) is 10.8. The lowest BCUT2D eigenvalue weighted by atomic mass is 10.0. The highest BCUT2D eigenvalue weighted by atomic mass is 16.9. The summed E-state index contributed by atoms with van der Waals surface area (Å²) < 4.78 is 17.5. The number of ether oxygens (including phenoxy) is 3.